The number of rotatable bonds is 6. The molecule has 1 saturated heterocycles. The van der Waals surface area contributed by atoms with Crippen LogP contribution in [0.25, 0.3) is 0 Å². The summed E-state index contributed by atoms with van der Waals surface area (Å²) in [5.74, 6) is -1.81. The van der Waals surface area contributed by atoms with E-state index in [2.05, 4.69) is 5.32 Å². The van der Waals surface area contributed by atoms with Crippen LogP contribution in [0.4, 0.5) is 5.69 Å². The molecule has 170 valence electrons. The van der Waals surface area contributed by atoms with Crippen LogP contribution in [0, 0.1) is 0 Å². The van der Waals surface area contributed by atoms with Crippen LogP contribution < -0.4 is 10.2 Å². The Hall–Kier alpha value is -3.39. The molecule has 0 bridgehead atoms. The number of nitrogens with zero attached hydrogens (tertiary/aromatic N) is 2. The fourth-order valence-corrected chi connectivity index (χ4v) is 4.85. The number of ether oxygens (including phenoxy) is 1. The van der Waals surface area contributed by atoms with Crippen LogP contribution in [0.15, 0.2) is 48.5 Å². The van der Waals surface area contributed by atoms with E-state index in [0.29, 0.717) is 16.3 Å². The normalized spacial score (nSPS) is 21.5. The van der Waals surface area contributed by atoms with Crippen molar-refractivity contribution in [2.45, 2.75) is 43.9 Å². The SMILES string of the molecule is O=C(COC(=O)[C@]12CCC(=O)N1c1ccccc1C(=O)N2C1CC1)NCc1ccccc1Cl. The predicted octanol–water partition coefficient (Wildman–Crippen LogP) is 2.64. The minimum atomic E-state index is -1.56. The fourth-order valence-electron chi connectivity index (χ4n) is 4.65. The van der Waals surface area contributed by atoms with E-state index < -0.39 is 24.1 Å². The molecule has 1 saturated carbocycles. The number of amides is 3. The zero-order valence-corrected chi connectivity index (χ0v) is 18.5. The molecule has 2 aromatic carbocycles. The maximum Gasteiger partial charge on any atom is 0.354 e. The summed E-state index contributed by atoms with van der Waals surface area (Å²) < 4.78 is 5.41. The number of fused-ring (bicyclic) bond motifs is 3. The van der Waals surface area contributed by atoms with Crippen molar-refractivity contribution in [2.24, 2.45) is 0 Å². The van der Waals surface area contributed by atoms with Gasteiger partial charge in [0.1, 0.15) is 0 Å². The van der Waals surface area contributed by atoms with Gasteiger partial charge in [-0.1, -0.05) is 41.9 Å². The highest BCUT2D eigenvalue weighted by Gasteiger charge is 2.64. The molecule has 2 aromatic rings. The lowest BCUT2D eigenvalue weighted by atomic mass is 9.96. The Morgan fingerprint density at radius 1 is 1.09 bits per heavy atom. The molecule has 0 unspecified atom stereocenters. The second kappa shape index (κ2) is 8.19. The van der Waals surface area contributed by atoms with Crippen molar-refractivity contribution in [1.82, 2.24) is 10.2 Å². The van der Waals surface area contributed by atoms with Crippen LogP contribution in [0.3, 0.4) is 0 Å². The van der Waals surface area contributed by atoms with Crippen LogP contribution in [0.1, 0.15) is 41.6 Å². The van der Waals surface area contributed by atoms with Crippen molar-refractivity contribution < 1.29 is 23.9 Å². The molecule has 3 aliphatic rings. The third-order valence-electron chi connectivity index (χ3n) is 6.31. The molecule has 9 heteroatoms. The molecule has 3 amide bonds. The maximum atomic E-state index is 13.5. The number of esters is 1. The first-order valence-electron chi connectivity index (χ1n) is 10.9. The second-order valence-electron chi connectivity index (χ2n) is 8.41. The summed E-state index contributed by atoms with van der Waals surface area (Å²) in [5.41, 5.74) is -0.0332. The van der Waals surface area contributed by atoms with E-state index in [1.54, 1.807) is 42.5 Å². The third-order valence-corrected chi connectivity index (χ3v) is 6.68. The van der Waals surface area contributed by atoms with E-state index in [1.807, 2.05) is 6.07 Å². The van der Waals surface area contributed by atoms with Crippen LogP contribution in [-0.4, -0.2) is 46.9 Å². The molecule has 5 rings (SSSR count). The molecular weight excluding hydrogens is 446 g/mol. The molecule has 2 aliphatic heterocycles. The average molecular weight is 468 g/mol. The topological polar surface area (TPSA) is 96.0 Å². The molecule has 2 fully saturated rings. The molecule has 1 N–H and O–H groups in total. The van der Waals surface area contributed by atoms with Gasteiger partial charge in [-0.25, -0.2) is 4.79 Å². The molecule has 8 nitrogen and oxygen atoms in total. The first-order valence-corrected chi connectivity index (χ1v) is 11.2. The number of anilines is 1. The largest absolute Gasteiger partial charge is 0.452 e. The van der Waals surface area contributed by atoms with E-state index in [1.165, 1.54) is 9.80 Å². The minimum absolute atomic E-state index is 0.110. The smallest absolute Gasteiger partial charge is 0.354 e. The van der Waals surface area contributed by atoms with E-state index in [-0.39, 0.29) is 37.2 Å². The van der Waals surface area contributed by atoms with E-state index in [0.717, 1.165) is 18.4 Å². The van der Waals surface area contributed by atoms with Gasteiger partial charge in [0.2, 0.25) is 11.6 Å². The number of carbonyl (C=O) groups is 4. The quantitative estimate of drug-likeness (QED) is 0.659. The lowest BCUT2D eigenvalue weighted by molar-refractivity contribution is -0.160. The highest BCUT2D eigenvalue weighted by atomic mass is 35.5. The van der Waals surface area contributed by atoms with Gasteiger partial charge in [-0.05, 0) is 36.6 Å². The number of hydrogen-bond donors (Lipinski definition) is 1. The van der Waals surface area contributed by atoms with Crippen molar-refractivity contribution in [3.8, 4) is 0 Å². The van der Waals surface area contributed by atoms with Gasteiger partial charge >= 0.3 is 5.97 Å². The minimum Gasteiger partial charge on any atom is -0.452 e. The predicted molar refractivity (Wildman–Crippen MR) is 119 cm³/mol. The summed E-state index contributed by atoms with van der Waals surface area (Å²) in [6.07, 6.45) is 1.74. The molecule has 1 atom stereocenters. The number of nitrogens with one attached hydrogen (secondary N) is 1. The van der Waals surface area contributed by atoms with Gasteiger partial charge in [0.15, 0.2) is 6.61 Å². The van der Waals surface area contributed by atoms with Crippen LogP contribution in [0.2, 0.25) is 5.02 Å². The number of carbonyl (C=O) groups excluding carboxylic acids is 4. The zero-order valence-electron chi connectivity index (χ0n) is 17.8. The Kier molecular flexibility index (Phi) is 5.32. The first-order chi connectivity index (χ1) is 15.9. The van der Waals surface area contributed by atoms with E-state index in [4.69, 9.17) is 16.3 Å². The monoisotopic (exact) mass is 467 g/mol. The molecule has 1 aliphatic carbocycles. The van der Waals surface area contributed by atoms with Crippen molar-refractivity contribution in [2.75, 3.05) is 11.5 Å². The summed E-state index contributed by atoms with van der Waals surface area (Å²) in [6, 6.07) is 13.8. The lowest BCUT2D eigenvalue weighted by Crippen LogP contribution is -2.69. The molecule has 0 aromatic heterocycles. The van der Waals surface area contributed by atoms with Crippen LogP contribution in [0.5, 0.6) is 0 Å². The molecule has 0 spiro atoms. The lowest BCUT2D eigenvalue weighted by Gasteiger charge is -2.48. The molecular formula is C24H22ClN3O5. The molecule has 0 radical (unpaired) electrons. The van der Waals surface area contributed by atoms with Crippen molar-refractivity contribution in [3.05, 3.63) is 64.7 Å². The maximum absolute atomic E-state index is 13.5. The van der Waals surface area contributed by atoms with Gasteiger partial charge < -0.3 is 15.0 Å². The Morgan fingerprint density at radius 2 is 1.82 bits per heavy atom. The molecule has 33 heavy (non-hydrogen) atoms. The summed E-state index contributed by atoms with van der Waals surface area (Å²) >= 11 is 6.11. The zero-order chi connectivity index (χ0) is 23.2. The van der Waals surface area contributed by atoms with Crippen molar-refractivity contribution in [3.63, 3.8) is 0 Å². The Balaban J connectivity index is 1.37. The van der Waals surface area contributed by atoms with Crippen molar-refractivity contribution >= 4 is 41.0 Å². The Morgan fingerprint density at radius 3 is 2.58 bits per heavy atom. The van der Waals surface area contributed by atoms with Gasteiger partial charge in [0, 0.05) is 30.5 Å². The Bertz CT molecular complexity index is 1160. The van der Waals surface area contributed by atoms with Gasteiger partial charge in [-0.15, -0.1) is 0 Å². The number of benzene rings is 2. The third kappa shape index (κ3) is 3.54. The fraction of sp³-hybridized carbons (Fsp3) is 0.333. The molecule has 2 heterocycles. The first kappa shape index (κ1) is 21.5. The van der Waals surface area contributed by atoms with E-state index >= 15 is 0 Å². The van der Waals surface area contributed by atoms with E-state index in [9.17, 15) is 19.2 Å². The summed E-state index contributed by atoms with van der Waals surface area (Å²) in [4.78, 5) is 55.0. The standard InChI is InChI=1S/C24H22ClN3O5/c25-18-7-3-1-5-15(18)13-26-20(29)14-33-23(32)24-12-11-21(30)28(24)19-8-4-2-6-17(19)22(31)27(24)16-9-10-16/h1-8,16H,9-14H2,(H,26,29)/t24-/m0/s1. The number of halogens is 1. The average Bonchev–Trinajstić information content (AvgIpc) is 3.59. The van der Waals surface area contributed by atoms with Gasteiger partial charge in [-0.2, -0.15) is 0 Å². The van der Waals surface area contributed by atoms with Crippen LogP contribution >= 0.6 is 11.6 Å². The second-order valence-corrected chi connectivity index (χ2v) is 8.82. The highest BCUT2D eigenvalue weighted by Crippen LogP contribution is 2.49. The number of para-hydroxylation sites is 1. The van der Waals surface area contributed by atoms with Gasteiger partial charge in [0.25, 0.3) is 11.8 Å². The summed E-state index contributed by atoms with van der Waals surface area (Å²) in [5, 5.41) is 3.19. The summed E-state index contributed by atoms with van der Waals surface area (Å²) in [6.45, 7) is -0.340. The number of hydrogen-bond acceptors (Lipinski definition) is 5. The van der Waals surface area contributed by atoms with Gasteiger partial charge in [0.05, 0.1) is 11.3 Å². The van der Waals surface area contributed by atoms with Crippen molar-refractivity contribution in [1.29, 1.82) is 0 Å². The summed E-state index contributed by atoms with van der Waals surface area (Å²) in [7, 11) is 0. The highest BCUT2D eigenvalue weighted by molar-refractivity contribution is 6.31. The van der Waals surface area contributed by atoms with Crippen LogP contribution in [-0.2, 0) is 25.7 Å². The van der Waals surface area contributed by atoms with Gasteiger partial charge in [-0.3, -0.25) is 19.3 Å². The Labute approximate surface area is 195 Å².